The number of rotatable bonds is 4. The van der Waals surface area contributed by atoms with Crippen molar-refractivity contribution >= 4 is 26.9 Å². The Morgan fingerprint density at radius 3 is 2.75 bits per heavy atom. The third-order valence-electron chi connectivity index (χ3n) is 6.22. The monoisotopic (exact) mass is 490 g/mol. The number of hydrogen-bond acceptors (Lipinski definition) is 5. The molecule has 1 aliphatic heterocycles. The molecule has 0 saturated carbocycles. The van der Waals surface area contributed by atoms with Gasteiger partial charge in [0.05, 0.1) is 16.5 Å². The average Bonchev–Trinajstić information content (AvgIpc) is 2.83. The zero-order valence-corrected chi connectivity index (χ0v) is 19.1. The van der Waals surface area contributed by atoms with Gasteiger partial charge < -0.3 is 9.52 Å². The highest BCUT2D eigenvalue weighted by Gasteiger charge is 2.26. The Morgan fingerprint density at radius 2 is 1.97 bits per heavy atom. The molecule has 32 heavy (non-hydrogen) atoms. The largest absolute Gasteiger partial charge is 0.507 e. The van der Waals surface area contributed by atoms with E-state index in [0.29, 0.717) is 28.6 Å². The van der Waals surface area contributed by atoms with Gasteiger partial charge in [-0.3, -0.25) is 14.7 Å². The van der Waals surface area contributed by atoms with Crippen molar-refractivity contribution in [1.29, 1.82) is 0 Å². The second kappa shape index (κ2) is 8.88. The van der Waals surface area contributed by atoms with Crippen LogP contribution < -0.4 is 5.43 Å². The van der Waals surface area contributed by atoms with E-state index in [0.717, 1.165) is 35.8 Å². The minimum atomic E-state index is -0.0997. The van der Waals surface area contributed by atoms with E-state index in [4.69, 9.17) is 4.42 Å². The van der Waals surface area contributed by atoms with Gasteiger partial charge >= 0.3 is 0 Å². The van der Waals surface area contributed by atoms with Crippen molar-refractivity contribution in [3.8, 4) is 16.9 Å². The molecule has 6 heteroatoms. The third-order valence-corrected chi connectivity index (χ3v) is 6.75. The molecule has 0 amide bonds. The highest BCUT2D eigenvalue weighted by molar-refractivity contribution is 9.10. The summed E-state index contributed by atoms with van der Waals surface area (Å²) in [4.78, 5) is 19.9. The van der Waals surface area contributed by atoms with Crippen LogP contribution in [0.2, 0.25) is 0 Å². The summed E-state index contributed by atoms with van der Waals surface area (Å²) < 4.78 is 6.94. The Morgan fingerprint density at radius 1 is 1.12 bits per heavy atom. The number of likely N-dealkylation sites (tertiary alicyclic amines) is 1. The van der Waals surface area contributed by atoms with Crippen molar-refractivity contribution in [3.05, 3.63) is 93.0 Å². The van der Waals surface area contributed by atoms with Gasteiger partial charge in [0.1, 0.15) is 17.6 Å². The Kier molecular flexibility index (Phi) is 5.81. The maximum atomic E-state index is 13.3. The number of hydrogen-bond donors (Lipinski definition) is 1. The van der Waals surface area contributed by atoms with Crippen molar-refractivity contribution in [3.63, 3.8) is 0 Å². The van der Waals surface area contributed by atoms with Gasteiger partial charge in [-0.15, -0.1) is 0 Å². The molecule has 0 spiro atoms. The first-order chi connectivity index (χ1) is 15.6. The maximum Gasteiger partial charge on any atom is 0.200 e. The molecule has 5 rings (SSSR count). The van der Waals surface area contributed by atoms with Crippen molar-refractivity contribution in [2.75, 3.05) is 6.54 Å². The van der Waals surface area contributed by atoms with Crippen LogP contribution >= 0.6 is 15.9 Å². The van der Waals surface area contributed by atoms with E-state index >= 15 is 0 Å². The summed E-state index contributed by atoms with van der Waals surface area (Å²) in [6, 6.07) is 15.1. The van der Waals surface area contributed by atoms with E-state index in [1.54, 1.807) is 18.3 Å². The van der Waals surface area contributed by atoms with Gasteiger partial charge in [-0.25, -0.2) is 0 Å². The van der Waals surface area contributed by atoms with Crippen LogP contribution in [0, 0.1) is 0 Å². The lowest BCUT2D eigenvalue weighted by molar-refractivity contribution is 0.139. The number of nitrogens with zero attached hydrogens (tertiary/aromatic N) is 2. The van der Waals surface area contributed by atoms with Gasteiger partial charge in [0.25, 0.3) is 0 Å². The third kappa shape index (κ3) is 3.96. The van der Waals surface area contributed by atoms with Gasteiger partial charge in [0.2, 0.25) is 5.43 Å². The predicted molar refractivity (Wildman–Crippen MR) is 129 cm³/mol. The number of piperidine rings is 1. The summed E-state index contributed by atoms with van der Waals surface area (Å²) in [5, 5.41) is 11.2. The zero-order chi connectivity index (χ0) is 22.1. The molecule has 0 unspecified atom stereocenters. The molecule has 1 saturated heterocycles. The van der Waals surface area contributed by atoms with Gasteiger partial charge in [-0.1, -0.05) is 40.5 Å². The lowest BCUT2D eigenvalue weighted by Gasteiger charge is -2.36. The molecule has 1 fully saturated rings. The van der Waals surface area contributed by atoms with Gasteiger partial charge in [0, 0.05) is 29.5 Å². The lowest BCUT2D eigenvalue weighted by atomic mass is 9.95. The summed E-state index contributed by atoms with van der Waals surface area (Å²) in [5.41, 5.74) is 3.48. The molecule has 2 aromatic carbocycles. The van der Waals surface area contributed by atoms with E-state index in [9.17, 15) is 9.90 Å². The fourth-order valence-electron chi connectivity index (χ4n) is 4.56. The van der Waals surface area contributed by atoms with Gasteiger partial charge in [-0.2, -0.15) is 0 Å². The van der Waals surface area contributed by atoms with Crippen molar-refractivity contribution in [2.45, 2.75) is 31.8 Å². The van der Waals surface area contributed by atoms with Crippen LogP contribution in [-0.2, 0) is 6.54 Å². The Balaban J connectivity index is 1.55. The van der Waals surface area contributed by atoms with E-state index in [2.05, 4.69) is 31.9 Å². The van der Waals surface area contributed by atoms with Crippen molar-refractivity contribution in [2.24, 2.45) is 0 Å². The second-order valence-corrected chi connectivity index (χ2v) is 9.11. The summed E-state index contributed by atoms with van der Waals surface area (Å²) in [5.74, 6) is 0.146. The molecule has 3 heterocycles. The molecule has 2 aromatic heterocycles. The average molecular weight is 491 g/mol. The minimum Gasteiger partial charge on any atom is -0.507 e. The number of halogens is 1. The van der Waals surface area contributed by atoms with Crippen LogP contribution in [0.4, 0.5) is 0 Å². The molecule has 1 atom stereocenters. The number of aromatic hydroxyl groups is 1. The highest BCUT2D eigenvalue weighted by Crippen LogP contribution is 2.35. The van der Waals surface area contributed by atoms with Crippen molar-refractivity contribution < 1.29 is 9.52 Å². The Labute approximate surface area is 194 Å². The summed E-state index contributed by atoms with van der Waals surface area (Å²) >= 11 is 3.42. The number of benzene rings is 2. The first-order valence-electron chi connectivity index (χ1n) is 10.8. The first-order valence-corrected chi connectivity index (χ1v) is 11.6. The second-order valence-electron chi connectivity index (χ2n) is 8.19. The van der Waals surface area contributed by atoms with Gasteiger partial charge in [0.15, 0.2) is 0 Å². The molecule has 162 valence electrons. The van der Waals surface area contributed by atoms with Crippen LogP contribution in [0.25, 0.3) is 22.1 Å². The molecule has 0 aliphatic carbocycles. The summed E-state index contributed by atoms with van der Waals surface area (Å²) in [6.45, 7) is 1.42. The highest BCUT2D eigenvalue weighted by atomic mass is 79.9. The first kappa shape index (κ1) is 20.9. The fourth-order valence-corrected chi connectivity index (χ4v) is 4.83. The molecule has 0 radical (unpaired) electrons. The van der Waals surface area contributed by atoms with E-state index in [-0.39, 0.29) is 17.2 Å². The normalized spacial score (nSPS) is 17.0. The standard InChI is InChI=1S/C26H23BrN2O3/c27-19-8-6-17(7-9-19)22-16-32-26-20(25(22)31)10-11-24(30)21(26)15-29-13-2-1-5-23(29)18-4-3-12-28-14-18/h3-4,6-12,14,16,23,30H,1-2,5,13,15H2/t23-/m0/s1. The maximum absolute atomic E-state index is 13.3. The predicted octanol–water partition coefficient (Wildman–Crippen LogP) is 6.05. The zero-order valence-electron chi connectivity index (χ0n) is 17.5. The fraction of sp³-hybridized carbons (Fsp3) is 0.231. The van der Waals surface area contributed by atoms with Crippen LogP contribution in [0.3, 0.4) is 0 Å². The number of pyridine rings is 1. The minimum absolute atomic E-state index is 0.0997. The quantitative estimate of drug-likeness (QED) is 0.377. The Bertz CT molecular complexity index is 1300. The van der Waals surface area contributed by atoms with Crippen LogP contribution in [0.5, 0.6) is 5.75 Å². The molecule has 4 aromatic rings. The molecule has 5 nitrogen and oxygen atoms in total. The van der Waals surface area contributed by atoms with Crippen LogP contribution in [0.1, 0.15) is 36.4 Å². The summed E-state index contributed by atoms with van der Waals surface area (Å²) in [7, 11) is 0. The SMILES string of the molecule is O=c1c(-c2ccc(Br)cc2)coc2c(CN3CCCC[C@H]3c3cccnc3)c(O)ccc12. The molecular weight excluding hydrogens is 468 g/mol. The molecule has 1 N–H and O–H groups in total. The van der Waals surface area contributed by atoms with Crippen LogP contribution in [-0.4, -0.2) is 21.5 Å². The molecule has 0 bridgehead atoms. The number of phenols is 1. The summed E-state index contributed by atoms with van der Waals surface area (Å²) in [6.07, 6.45) is 8.49. The number of aromatic nitrogens is 1. The van der Waals surface area contributed by atoms with E-state index in [1.165, 1.54) is 11.8 Å². The number of fused-ring (bicyclic) bond motifs is 1. The topological polar surface area (TPSA) is 66.6 Å². The number of phenolic OH excluding ortho intramolecular Hbond substituents is 1. The smallest absolute Gasteiger partial charge is 0.200 e. The Hall–Kier alpha value is -2.96. The molecule has 1 aliphatic rings. The van der Waals surface area contributed by atoms with E-state index < -0.39 is 0 Å². The van der Waals surface area contributed by atoms with Crippen molar-refractivity contribution in [1.82, 2.24) is 9.88 Å². The van der Waals surface area contributed by atoms with Crippen LogP contribution in [0.15, 0.2) is 80.9 Å². The lowest BCUT2D eigenvalue weighted by Crippen LogP contribution is -2.33. The molecular formula is C26H23BrN2O3. The van der Waals surface area contributed by atoms with Gasteiger partial charge in [-0.05, 0) is 60.8 Å². The van der Waals surface area contributed by atoms with E-state index in [1.807, 2.05) is 36.5 Å².